The monoisotopic (exact) mass is 532 g/mol. The molecule has 9 nitrogen and oxygen atoms in total. The van der Waals surface area contributed by atoms with Crippen molar-refractivity contribution in [1.29, 1.82) is 0 Å². The number of hydrogen-bond donors (Lipinski definition) is 1. The molecular formula is C28H28N4O5S. The number of allylic oxidation sites excluding steroid dienone is 1. The number of anilines is 1. The topological polar surface area (TPSA) is 102 Å². The first-order valence-corrected chi connectivity index (χ1v) is 13.1. The Hall–Kier alpha value is -4.18. The number of rotatable bonds is 6. The summed E-state index contributed by atoms with van der Waals surface area (Å²) in [5, 5.41) is 2.84. The number of amides is 2. The Kier molecular flexibility index (Phi) is 6.66. The second-order valence-corrected chi connectivity index (χ2v) is 9.84. The quantitative estimate of drug-likeness (QED) is 0.526. The second-order valence-electron chi connectivity index (χ2n) is 8.86. The molecule has 5 rings (SSSR count). The number of carbonyl (C=O) groups excluding carboxylic acids is 2. The summed E-state index contributed by atoms with van der Waals surface area (Å²) in [7, 11) is 3.09. The minimum Gasteiger partial charge on any atom is -0.497 e. The van der Waals surface area contributed by atoms with Gasteiger partial charge in [-0.2, -0.15) is 0 Å². The van der Waals surface area contributed by atoms with Crippen molar-refractivity contribution in [2.24, 2.45) is 4.99 Å². The number of nitrogens with one attached hydrogen (secondary N) is 1. The van der Waals surface area contributed by atoms with E-state index in [2.05, 4.69) is 5.32 Å². The lowest BCUT2D eigenvalue weighted by molar-refractivity contribution is -0.127. The van der Waals surface area contributed by atoms with Crippen LogP contribution in [-0.2, 0) is 9.59 Å². The van der Waals surface area contributed by atoms with Crippen LogP contribution in [0, 0.1) is 0 Å². The Bertz CT molecular complexity index is 1680. The molecule has 2 aromatic carbocycles. The third kappa shape index (κ3) is 3.92. The van der Waals surface area contributed by atoms with Crippen LogP contribution < -0.4 is 29.7 Å². The third-order valence-electron chi connectivity index (χ3n) is 6.91. The number of fused-ring (bicyclic) bond motifs is 2. The molecule has 0 spiro atoms. The first-order valence-electron chi connectivity index (χ1n) is 12.3. The summed E-state index contributed by atoms with van der Waals surface area (Å²) < 4.78 is 12.9. The van der Waals surface area contributed by atoms with Gasteiger partial charge >= 0.3 is 0 Å². The van der Waals surface area contributed by atoms with E-state index in [-0.39, 0.29) is 16.3 Å². The number of thiazole rings is 1. The molecule has 196 valence electrons. The molecule has 1 N–H and O–H groups in total. The predicted molar refractivity (Wildman–Crippen MR) is 145 cm³/mol. The number of hydrogen-bond acceptors (Lipinski definition) is 7. The van der Waals surface area contributed by atoms with Gasteiger partial charge in [0.1, 0.15) is 22.1 Å². The molecule has 0 saturated carbocycles. The smallest absolute Gasteiger partial charge is 0.271 e. The highest BCUT2D eigenvalue weighted by molar-refractivity contribution is 7.07. The van der Waals surface area contributed by atoms with Gasteiger partial charge < -0.3 is 19.7 Å². The van der Waals surface area contributed by atoms with Gasteiger partial charge in [-0.25, -0.2) is 4.99 Å². The highest BCUT2D eigenvalue weighted by Crippen LogP contribution is 2.38. The Morgan fingerprint density at radius 3 is 2.53 bits per heavy atom. The molecule has 1 aromatic heterocycles. The van der Waals surface area contributed by atoms with Crippen LogP contribution in [0.4, 0.5) is 5.69 Å². The molecule has 0 fully saturated rings. The van der Waals surface area contributed by atoms with E-state index in [1.54, 1.807) is 50.3 Å². The van der Waals surface area contributed by atoms with Crippen molar-refractivity contribution in [2.45, 2.75) is 26.8 Å². The van der Waals surface area contributed by atoms with Gasteiger partial charge in [-0.3, -0.25) is 19.0 Å². The highest BCUT2D eigenvalue weighted by Gasteiger charge is 2.37. The highest BCUT2D eigenvalue weighted by atomic mass is 32.1. The van der Waals surface area contributed by atoms with Gasteiger partial charge in [0, 0.05) is 29.9 Å². The summed E-state index contributed by atoms with van der Waals surface area (Å²) in [6.45, 7) is 6.59. The van der Waals surface area contributed by atoms with Crippen molar-refractivity contribution in [3.05, 3.63) is 84.5 Å². The van der Waals surface area contributed by atoms with Gasteiger partial charge in [0.2, 0.25) is 0 Å². The van der Waals surface area contributed by atoms with E-state index in [0.29, 0.717) is 63.0 Å². The van der Waals surface area contributed by atoms with E-state index in [9.17, 15) is 14.4 Å². The number of aromatic nitrogens is 1. The van der Waals surface area contributed by atoms with Crippen LogP contribution in [0.5, 0.6) is 11.5 Å². The zero-order valence-electron chi connectivity index (χ0n) is 21.8. The summed E-state index contributed by atoms with van der Waals surface area (Å²) in [6.07, 6.45) is 0. The van der Waals surface area contributed by atoms with Crippen LogP contribution >= 0.6 is 11.3 Å². The number of ether oxygens (including phenoxy) is 2. The second kappa shape index (κ2) is 9.94. The molecule has 3 heterocycles. The standard InChI is InChI=1S/C28H28N4O5S/c1-6-31(7-2)26(34)21-15(3)29-28-32(23(21)18-14-16(36-4)12-13-20(18)37-5)27(35)24(38-28)22-17-10-8-9-11-19(17)30-25(22)33/h8-14,23H,6-7H2,1-5H3,(H,30,33)/t23-/m1/s1. The minimum absolute atomic E-state index is 0.215. The summed E-state index contributed by atoms with van der Waals surface area (Å²) in [4.78, 5) is 47.8. The first kappa shape index (κ1) is 25.5. The van der Waals surface area contributed by atoms with Crippen molar-refractivity contribution in [3.8, 4) is 11.5 Å². The zero-order valence-corrected chi connectivity index (χ0v) is 22.6. The molecule has 2 amide bonds. The molecule has 0 radical (unpaired) electrons. The molecule has 10 heteroatoms. The molecule has 0 saturated heterocycles. The van der Waals surface area contributed by atoms with E-state index in [1.807, 2.05) is 32.0 Å². The molecular weight excluding hydrogens is 504 g/mol. The lowest BCUT2D eigenvalue weighted by Gasteiger charge is -2.30. The molecule has 38 heavy (non-hydrogen) atoms. The maximum atomic E-state index is 14.2. The number of carbonyl (C=O) groups is 2. The number of methoxy groups -OCH3 is 2. The van der Waals surface area contributed by atoms with Crippen LogP contribution in [0.15, 0.2) is 63.5 Å². The van der Waals surface area contributed by atoms with Gasteiger partial charge in [0.05, 0.1) is 31.1 Å². The van der Waals surface area contributed by atoms with Gasteiger partial charge in [-0.05, 0) is 45.0 Å². The van der Waals surface area contributed by atoms with Gasteiger partial charge in [-0.1, -0.05) is 29.5 Å². The Labute approximate surface area is 223 Å². The van der Waals surface area contributed by atoms with E-state index in [0.717, 1.165) is 11.3 Å². The van der Waals surface area contributed by atoms with Crippen LogP contribution in [0.1, 0.15) is 37.9 Å². The van der Waals surface area contributed by atoms with Gasteiger partial charge in [-0.15, -0.1) is 0 Å². The normalized spacial score (nSPS) is 17.4. The fraction of sp³-hybridized carbons (Fsp3) is 0.286. The molecule has 0 aliphatic carbocycles. The average molecular weight is 533 g/mol. The van der Waals surface area contributed by atoms with Gasteiger partial charge in [0.25, 0.3) is 17.4 Å². The predicted octanol–water partition coefficient (Wildman–Crippen LogP) is 2.44. The van der Waals surface area contributed by atoms with E-state index in [1.165, 1.54) is 4.57 Å². The van der Waals surface area contributed by atoms with Crippen molar-refractivity contribution in [1.82, 2.24) is 9.47 Å². The number of likely N-dealkylation sites (N-methyl/N-ethyl adjacent to an activating group) is 1. The van der Waals surface area contributed by atoms with Crippen LogP contribution in [0.25, 0.3) is 5.57 Å². The number of nitrogens with zero attached hydrogens (tertiary/aromatic N) is 3. The van der Waals surface area contributed by atoms with Crippen molar-refractivity contribution >= 4 is 34.4 Å². The largest absolute Gasteiger partial charge is 0.497 e. The molecule has 3 aromatic rings. The lowest BCUT2D eigenvalue weighted by Crippen LogP contribution is -2.43. The molecule has 0 bridgehead atoms. The summed E-state index contributed by atoms with van der Waals surface area (Å²) in [5.74, 6) is 0.492. The maximum absolute atomic E-state index is 14.2. The number of benzene rings is 2. The van der Waals surface area contributed by atoms with Crippen molar-refractivity contribution in [2.75, 3.05) is 32.6 Å². The molecule has 0 unspecified atom stereocenters. The van der Waals surface area contributed by atoms with Crippen molar-refractivity contribution < 1.29 is 19.1 Å². The average Bonchev–Trinajstić information content (AvgIpc) is 3.42. The molecule has 1 atom stereocenters. The van der Waals surface area contributed by atoms with Crippen LogP contribution in [0.2, 0.25) is 0 Å². The summed E-state index contributed by atoms with van der Waals surface area (Å²) in [5.41, 5.74) is 2.68. The Balaban J connectivity index is 1.86. The first-order chi connectivity index (χ1) is 18.3. The maximum Gasteiger partial charge on any atom is 0.271 e. The third-order valence-corrected chi connectivity index (χ3v) is 7.96. The SMILES string of the molecule is CCN(CC)C(=O)C1=C(C)N=c2sc(=C3C(=O)Nc4ccccc43)c(=O)n2[C@@H]1c1cc(OC)ccc1OC. The van der Waals surface area contributed by atoms with E-state index in [4.69, 9.17) is 14.5 Å². The van der Waals surface area contributed by atoms with Gasteiger partial charge in [0.15, 0.2) is 4.80 Å². The fourth-order valence-corrected chi connectivity index (χ4v) is 6.16. The molecule has 2 aliphatic heterocycles. The summed E-state index contributed by atoms with van der Waals surface area (Å²) >= 11 is 1.14. The molecule has 2 aliphatic rings. The lowest BCUT2D eigenvalue weighted by atomic mass is 9.93. The van der Waals surface area contributed by atoms with Crippen LogP contribution in [0.3, 0.4) is 0 Å². The Morgan fingerprint density at radius 2 is 1.84 bits per heavy atom. The zero-order chi connectivity index (χ0) is 27.1. The van der Waals surface area contributed by atoms with E-state index >= 15 is 0 Å². The van der Waals surface area contributed by atoms with E-state index < -0.39 is 11.6 Å². The number of para-hydroxylation sites is 1. The van der Waals surface area contributed by atoms with Crippen LogP contribution in [-0.4, -0.2) is 48.6 Å². The Morgan fingerprint density at radius 1 is 1.11 bits per heavy atom. The summed E-state index contributed by atoms with van der Waals surface area (Å²) in [6, 6.07) is 11.7. The fourth-order valence-electron chi connectivity index (χ4n) is 5.02. The minimum atomic E-state index is -0.835. The van der Waals surface area contributed by atoms with Crippen molar-refractivity contribution in [3.63, 3.8) is 0 Å².